The van der Waals surface area contributed by atoms with E-state index in [4.69, 9.17) is 22.4 Å². The lowest BCUT2D eigenvalue weighted by Gasteiger charge is -2.26. The van der Waals surface area contributed by atoms with E-state index in [-0.39, 0.29) is 18.3 Å². The Labute approximate surface area is 194 Å². The fourth-order valence-corrected chi connectivity index (χ4v) is 4.20. The van der Waals surface area contributed by atoms with Gasteiger partial charge in [0.05, 0.1) is 11.4 Å². The van der Waals surface area contributed by atoms with Crippen LogP contribution in [0.5, 0.6) is 0 Å². The molecule has 0 aliphatic heterocycles. The number of rotatable bonds is 6. The summed E-state index contributed by atoms with van der Waals surface area (Å²) in [6, 6.07) is 15.8. The molecule has 1 heterocycles. The van der Waals surface area contributed by atoms with E-state index in [9.17, 15) is 4.79 Å². The molecule has 0 atom stereocenters. The van der Waals surface area contributed by atoms with Crippen LogP contribution in [0.25, 0.3) is 16.9 Å². The Morgan fingerprint density at radius 3 is 2.55 bits per heavy atom. The van der Waals surface area contributed by atoms with E-state index in [1.165, 1.54) is 5.56 Å². The van der Waals surface area contributed by atoms with Gasteiger partial charge in [0, 0.05) is 28.2 Å². The number of hydrogen-bond donors (Lipinski definition) is 2. The lowest BCUT2D eigenvalue weighted by Crippen LogP contribution is -2.49. The molecular formula is C24H28Cl2N4O. The Kier molecular flexibility index (Phi) is 7.10. The van der Waals surface area contributed by atoms with Crippen LogP contribution >= 0.6 is 24.0 Å². The molecule has 0 spiro atoms. The molecule has 31 heavy (non-hydrogen) atoms. The van der Waals surface area contributed by atoms with E-state index in [1.54, 1.807) is 0 Å². The van der Waals surface area contributed by atoms with Crippen LogP contribution < -0.4 is 11.1 Å². The highest BCUT2D eigenvalue weighted by molar-refractivity contribution is 6.30. The average molecular weight is 459 g/mol. The number of carbonyl (C=O) groups is 1. The average Bonchev–Trinajstić information content (AvgIpc) is 3.17. The lowest BCUT2D eigenvalue weighted by molar-refractivity contribution is 0.0935. The second-order valence-corrected chi connectivity index (χ2v) is 8.41. The van der Waals surface area contributed by atoms with Gasteiger partial charge in [0.2, 0.25) is 0 Å². The number of amides is 1. The van der Waals surface area contributed by atoms with E-state index in [0.717, 1.165) is 53.2 Å². The Morgan fingerprint density at radius 1 is 1.16 bits per heavy atom. The molecule has 3 aromatic rings. The largest absolute Gasteiger partial charge is 0.349 e. The minimum Gasteiger partial charge on any atom is -0.349 e. The van der Waals surface area contributed by atoms with Gasteiger partial charge >= 0.3 is 0 Å². The molecule has 0 saturated carbocycles. The standard InChI is InChI=1S/C24H27ClN4O.ClH/c1-3-24(26,4-2)15-27-23(30)21-20-12-10-16-14-17(25)11-13-19(16)22(20)29(28-21)18-8-6-5-7-9-18;/h5-9,11,13-14H,3-4,10,12,15,26H2,1-2H3,(H,27,30);1H. The molecule has 1 aromatic heterocycles. The molecule has 4 rings (SSSR count). The zero-order valence-electron chi connectivity index (χ0n) is 17.8. The number of carbonyl (C=O) groups excluding carboxylic acids is 1. The van der Waals surface area contributed by atoms with Crippen molar-refractivity contribution in [1.29, 1.82) is 0 Å². The summed E-state index contributed by atoms with van der Waals surface area (Å²) >= 11 is 6.23. The lowest BCUT2D eigenvalue weighted by atomic mass is 9.88. The quantitative estimate of drug-likeness (QED) is 0.547. The summed E-state index contributed by atoms with van der Waals surface area (Å²) in [6.45, 7) is 4.52. The monoisotopic (exact) mass is 458 g/mol. The predicted octanol–water partition coefficient (Wildman–Crippen LogP) is 4.96. The van der Waals surface area contributed by atoms with Gasteiger partial charge in [-0.15, -0.1) is 12.4 Å². The normalized spacial score (nSPS) is 12.5. The molecule has 0 saturated heterocycles. The number of halogens is 2. The third kappa shape index (κ3) is 4.49. The fraction of sp³-hybridized carbons (Fsp3) is 0.333. The van der Waals surface area contributed by atoms with Crippen molar-refractivity contribution in [3.63, 3.8) is 0 Å². The summed E-state index contributed by atoms with van der Waals surface area (Å²) in [5.74, 6) is -0.171. The number of hydrogen-bond acceptors (Lipinski definition) is 3. The van der Waals surface area contributed by atoms with Crippen molar-refractivity contribution < 1.29 is 4.79 Å². The first-order valence-electron chi connectivity index (χ1n) is 10.5. The second-order valence-electron chi connectivity index (χ2n) is 7.98. The molecule has 0 bridgehead atoms. The number of nitrogens with zero attached hydrogens (tertiary/aromatic N) is 2. The maximum absolute atomic E-state index is 13.1. The van der Waals surface area contributed by atoms with Gasteiger partial charge in [-0.2, -0.15) is 5.10 Å². The molecule has 1 aliphatic rings. The molecule has 164 valence electrons. The first kappa shape index (κ1) is 23.3. The number of aryl methyl sites for hydroxylation is 1. The predicted molar refractivity (Wildman–Crippen MR) is 128 cm³/mol. The zero-order valence-corrected chi connectivity index (χ0v) is 19.4. The molecule has 0 radical (unpaired) electrons. The summed E-state index contributed by atoms with van der Waals surface area (Å²) in [7, 11) is 0. The van der Waals surface area contributed by atoms with Crippen LogP contribution in [0.4, 0.5) is 0 Å². The smallest absolute Gasteiger partial charge is 0.272 e. The summed E-state index contributed by atoms with van der Waals surface area (Å²) in [5.41, 5.74) is 11.6. The van der Waals surface area contributed by atoms with Crippen LogP contribution in [0.15, 0.2) is 48.5 Å². The maximum atomic E-state index is 13.1. The summed E-state index contributed by atoms with van der Waals surface area (Å²) < 4.78 is 1.88. The fourth-order valence-electron chi connectivity index (χ4n) is 4.00. The highest BCUT2D eigenvalue weighted by Gasteiger charge is 2.30. The van der Waals surface area contributed by atoms with E-state index < -0.39 is 5.54 Å². The molecule has 1 amide bonds. The van der Waals surface area contributed by atoms with Gasteiger partial charge in [-0.1, -0.05) is 49.7 Å². The first-order valence-corrected chi connectivity index (χ1v) is 10.9. The molecule has 3 N–H and O–H groups in total. The second kappa shape index (κ2) is 9.43. The Bertz CT molecular complexity index is 1070. The molecule has 5 nitrogen and oxygen atoms in total. The topological polar surface area (TPSA) is 72.9 Å². The van der Waals surface area contributed by atoms with Crippen LogP contribution in [-0.2, 0) is 12.8 Å². The van der Waals surface area contributed by atoms with Crippen molar-refractivity contribution >= 4 is 29.9 Å². The molecule has 0 fully saturated rings. The van der Waals surface area contributed by atoms with E-state index in [0.29, 0.717) is 12.2 Å². The molecule has 1 aliphatic carbocycles. The van der Waals surface area contributed by atoms with Crippen molar-refractivity contribution in [1.82, 2.24) is 15.1 Å². The number of nitrogens with two attached hydrogens (primary N) is 1. The van der Waals surface area contributed by atoms with Gasteiger partial charge in [-0.05, 0) is 55.5 Å². The SMILES string of the molecule is CCC(N)(CC)CNC(=O)c1nn(-c2ccccc2)c2c1CCc1cc(Cl)ccc1-2.Cl. The molecule has 0 unspecified atom stereocenters. The van der Waals surface area contributed by atoms with Gasteiger partial charge in [0.15, 0.2) is 5.69 Å². The minimum absolute atomic E-state index is 0. The number of fused-ring (bicyclic) bond motifs is 3. The Morgan fingerprint density at radius 2 is 1.87 bits per heavy atom. The Balaban J connectivity index is 0.00000272. The van der Waals surface area contributed by atoms with Crippen LogP contribution in [0, 0.1) is 0 Å². The highest BCUT2D eigenvalue weighted by atomic mass is 35.5. The van der Waals surface area contributed by atoms with Gasteiger partial charge in [-0.25, -0.2) is 4.68 Å². The van der Waals surface area contributed by atoms with Gasteiger partial charge in [0.25, 0.3) is 5.91 Å². The van der Waals surface area contributed by atoms with Crippen molar-refractivity contribution in [2.24, 2.45) is 5.73 Å². The van der Waals surface area contributed by atoms with Crippen molar-refractivity contribution in [3.05, 3.63) is 70.4 Å². The van der Waals surface area contributed by atoms with Crippen molar-refractivity contribution in [2.75, 3.05) is 6.54 Å². The maximum Gasteiger partial charge on any atom is 0.272 e. The van der Waals surface area contributed by atoms with E-state index in [1.807, 2.05) is 67.1 Å². The summed E-state index contributed by atoms with van der Waals surface area (Å²) in [4.78, 5) is 13.1. The van der Waals surface area contributed by atoms with Crippen LogP contribution in [-0.4, -0.2) is 27.8 Å². The third-order valence-electron chi connectivity index (χ3n) is 6.18. The molecule has 7 heteroatoms. The number of aromatic nitrogens is 2. The molecule has 2 aromatic carbocycles. The van der Waals surface area contributed by atoms with Gasteiger partial charge < -0.3 is 11.1 Å². The first-order chi connectivity index (χ1) is 14.5. The summed E-state index contributed by atoms with van der Waals surface area (Å²) in [5, 5.41) is 8.52. The summed E-state index contributed by atoms with van der Waals surface area (Å²) in [6.07, 6.45) is 3.17. The third-order valence-corrected chi connectivity index (χ3v) is 6.41. The van der Waals surface area contributed by atoms with Gasteiger partial charge in [-0.3, -0.25) is 4.79 Å². The van der Waals surface area contributed by atoms with Crippen LogP contribution in [0.3, 0.4) is 0 Å². The van der Waals surface area contributed by atoms with Crippen molar-refractivity contribution in [2.45, 2.75) is 45.1 Å². The zero-order chi connectivity index (χ0) is 21.3. The van der Waals surface area contributed by atoms with Crippen LogP contribution in [0.2, 0.25) is 5.02 Å². The Hall–Kier alpha value is -2.34. The number of benzene rings is 2. The molecular weight excluding hydrogens is 431 g/mol. The minimum atomic E-state index is -0.402. The van der Waals surface area contributed by atoms with Crippen LogP contribution in [0.1, 0.15) is 48.3 Å². The van der Waals surface area contributed by atoms with Gasteiger partial charge in [0.1, 0.15) is 0 Å². The number of para-hydroxylation sites is 1. The highest BCUT2D eigenvalue weighted by Crippen LogP contribution is 2.38. The van der Waals surface area contributed by atoms with E-state index >= 15 is 0 Å². The number of nitrogens with one attached hydrogen (secondary N) is 1. The van der Waals surface area contributed by atoms with E-state index in [2.05, 4.69) is 5.32 Å². The van der Waals surface area contributed by atoms with Crippen molar-refractivity contribution in [3.8, 4) is 16.9 Å².